The number of hydrogen-bond acceptors (Lipinski definition) is 1. The van der Waals surface area contributed by atoms with E-state index in [0.717, 1.165) is 20.3 Å². The van der Waals surface area contributed by atoms with Crippen molar-refractivity contribution in [3.05, 3.63) is 99.1 Å². The Morgan fingerprint density at radius 3 is 1.52 bits per heavy atom. The molecule has 3 aromatic rings. The minimum absolute atomic E-state index is 0.170. The fourth-order valence-corrected chi connectivity index (χ4v) is 3.31. The van der Waals surface area contributed by atoms with E-state index in [4.69, 9.17) is 0 Å². The van der Waals surface area contributed by atoms with Gasteiger partial charge in [-0.15, -0.1) is 0 Å². The Balaban J connectivity index is 1.92. The highest BCUT2D eigenvalue weighted by atomic mass is 79.9. The smallest absolute Gasteiger partial charge is 0.0456 e. The van der Waals surface area contributed by atoms with Crippen molar-refractivity contribution < 1.29 is 0 Å². The molecule has 0 amide bonds. The lowest BCUT2D eigenvalue weighted by Gasteiger charge is -2.21. The molecule has 0 unspecified atom stereocenters. The van der Waals surface area contributed by atoms with Gasteiger partial charge < -0.3 is 4.90 Å². The first kappa shape index (κ1) is 19.9. The van der Waals surface area contributed by atoms with Gasteiger partial charge in [-0.3, -0.25) is 0 Å². The minimum Gasteiger partial charge on any atom is -0.317 e. The Labute approximate surface area is 179 Å². The molecular formula is C24H23Br2N. The van der Waals surface area contributed by atoms with E-state index in [0.29, 0.717) is 0 Å². The van der Waals surface area contributed by atoms with Gasteiger partial charge in [0.1, 0.15) is 0 Å². The average Bonchev–Trinajstić information content (AvgIpc) is 2.64. The predicted molar refractivity (Wildman–Crippen MR) is 125 cm³/mol. The lowest BCUT2D eigenvalue weighted by atomic mass is 9.87. The van der Waals surface area contributed by atoms with Gasteiger partial charge in [-0.05, 0) is 71.1 Å². The summed E-state index contributed by atoms with van der Waals surface area (Å²) in [5.74, 6) is 0. The summed E-state index contributed by atoms with van der Waals surface area (Å²) in [6, 6.07) is 25.5. The van der Waals surface area contributed by atoms with Crippen LogP contribution in [-0.2, 0) is 5.41 Å². The van der Waals surface area contributed by atoms with E-state index < -0.39 is 0 Å². The highest BCUT2D eigenvalue weighted by Gasteiger charge is 2.12. The van der Waals surface area contributed by atoms with Gasteiger partial charge in [-0.2, -0.15) is 0 Å². The van der Waals surface area contributed by atoms with Crippen LogP contribution in [0.4, 0.5) is 11.4 Å². The van der Waals surface area contributed by atoms with Gasteiger partial charge in [0, 0.05) is 26.5 Å². The number of halogens is 2. The van der Waals surface area contributed by atoms with Crippen LogP contribution in [0.2, 0.25) is 0 Å². The summed E-state index contributed by atoms with van der Waals surface area (Å²) < 4.78 is 2.15. The maximum Gasteiger partial charge on any atom is 0.0456 e. The third-order valence-corrected chi connectivity index (χ3v) is 5.46. The first-order chi connectivity index (χ1) is 12.8. The number of nitrogens with zero attached hydrogens (tertiary/aromatic N) is 1. The zero-order chi connectivity index (χ0) is 19.4. The fourth-order valence-electron chi connectivity index (χ4n) is 2.78. The Kier molecular flexibility index (Phi) is 6.23. The van der Waals surface area contributed by atoms with E-state index in [9.17, 15) is 0 Å². The van der Waals surface area contributed by atoms with Crippen molar-refractivity contribution in [1.29, 1.82) is 0 Å². The Hall–Kier alpha value is -1.84. The largest absolute Gasteiger partial charge is 0.317 e. The lowest BCUT2D eigenvalue weighted by Crippen LogP contribution is -2.10. The molecule has 0 heterocycles. The Bertz CT molecular complexity index is 857. The molecule has 0 radical (unpaired) electrons. The van der Waals surface area contributed by atoms with Gasteiger partial charge in [0.2, 0.25) is 0 Å². The van der Waals surface area contributed by atoms with E-state index in [2.05, 4.69) is 143 Å². The van der Waals surface area contributed by atoms with Crippen LogP contribution in [-0.4, -0.2) is 0 Å². The summed E-state index contributed by atoms with van der Waals surface area (Å²) in [7, 11) is 0. The van der Waals surface area contributed by atoms with Crippen LogP contribution in [0, 0.1) is 0 Å². The van der Waals surface area contributed by atoms with Crippen molar-refractivity contribution >= 4 is 49.3 Å². The molecule has 3 aromatic carbocycles. The molecule has 27 heavy (non-hydrogen) atoms. The maximum atomic E-state index is 3.52. The van der Waals surface area contributed by atoms with Gasteiger partial charge in [-0.1, -0.05) is 76.9 Å². The molecule has 0 aliphatic carbocycles. The summed E-state index contributed by atoms with van der Waals surface area (Å²) >= 11 is 7.03. The molecule has 1 nitrogen and oxygen atoms in total. The number of rotatable bonds is 4. The van der Waals surface area contributed by atoms with Gasteiger partial charge in [0.15, 0.2) is 0 Å². The quantitative estimate of drug-likeness (QED) is 0.359. The van der Waals surface area contributed by atoms with Crippen LogP contribution in [0.25, 0.3) is 6.08 Å². The van der Waals surface area contributed by atoms with Gasteiger partial charge >= 0.3 is 0 Å². The van der Waals surface area contributed by atoms with Crippen LogP contribution in [0.1, 0.15) is 31.9 Å². The van der Waals surface area contributed by atoms with Crippen molar-refractivity contribution in [3.8, 4) is 0 Å². The van der Waals surface area contributed by atoms with Crippen LogP contribution >= 0.6 is 31.9 Å². The van der Waals surface area contributed by atoms with Crippen molar-refractivity contribution in [2.24, 2.45) is 0 Å². The Morgan fingerprint density at radius 1 is 0.667 bits per heavy atom. The number of benzene rings is 3. The lowest BCUT2D eigenvalue weighted by molar-refractivity contribution is 0.590. The second kappa shape index (κ2) is 8.45. The maximum absolute atomic E-state index is 3.52. The number of anilines is 2. The second-order valence-corrected chi connectivity index (χ2v) is 9.34. The van der Waals surface area contributed by atoms with Gasteiger partial charge in [0.05, 0.1) is 0 Å². The average molecular weight is 485 g/mol. The van der Waals surface area contributed by atoms with E-state index in [1.165, 1.54) is 11.1 Å². The first-order valence-electron chi connectivity index (χ1n) is 8.92. The van der Waals surface area contributed by atoms with E-state index in [-0.39, 0.29) is 5.41 Å². The molecule has 3 rings (SSSR count). The molecule has 0 aliphatic heterocycles. The number of hydrogen-bond donors (Lipinski definition) is 0. The van der Waals surface area contributed by atoms with Crippen molar-refractivity contribution in [1.82, 2.24) is 0 Å². The van der Waals surface area contributed by atoms with E-state index in [1.807, 2.05) is 0 Å². The highest BCUT2D eigenvalue weighted by molar-refractivity contribution is 9.10. The molecule has 0 aromatic heterocycles. The van der Waals surface area contributed by atoms with Crippen molar-refractivity contribution in [2.75, 3.05) is 4.90 Å². The fraction of sp³-hybridized carbons (Fsp3) is 0.167. The summed E-state index contributed by atoms with van der Waals surface area (Å²) in [5, 5.41) is 0. The molecule has 0 fully saturated rings. The standard InChI is InChI=1S/C24H23Br2N/c1-24(2,3)19-6-4-18(5-7-19)16-17-27(22-12-8-20(25)9-13-22)23-14-10-21(26)11-15-23/h4-17H,1-3H3. The molecule has 3 heteroatoms. The molecule has 0 saturated carbocycles. The van der Waals surface area contributed by atoms with Crippen LogP contribution in [0.5, 0.6) is 0 Å². The SMILES string of the molecule is CC(C)(C)c1ccc(C=CN(c2ccc(Br)cc2)c2ccc(Br)cc2)cc1. The van der Waals surface area contributed by atoms with E-state index in [1.54, 1.807) is 0 Å². The summed E-state index contributed by atoms with van der Waals surface area (Å²) in [4.78, 5) is 2.19. The minimum atomic E-state index is 0.170. The van der Waals surface area contributed by atoms with Gasteiger partial charge in [0.25, 0.3) is 0 Å². The molecule has 0 spiro atoms. The highest BCUT2D eigenvalue weighted by Crippen LogP contribution is 2.29. The molecule has 0 aliphatic rings. The zero-order valence-corrected chi connectivity index (χ0v) is 19.0. The van der Waals surface area contributed by atoms with Crippen LogP contribution in [0.3, 0.4) is 0 Å². The molecule has 0 saturated heterocycles. The Morgan fingerprint density at radius 2 is 1.11 bits per heavy atom. The molecule has 0 N–H and O–H groups in total. The monoisotopic (exact) mass is 483 g/mol. The molecule has 0 atom stereocenters. The van der Waals surface area contributed by atoms with Crippen LogP contribution < -0.4 is 4.90 Å². The predicted octanol–water partition coefficient (Wildman–Crippen LogP) is 8.32. The summed E-state index contributed by atoms with van der Waals surface area (Å²) in [6.45, 7) is 6.71. The zero-order valence-electron chi connectivity index (χ0n) is 15.8. The third-order valence-electron chi connectivity index (χ3n) is 4.40. The third kappa shape index (κ3) is 5.33. The van der Waals surface area contributed by atoms with Crippen molar-refractivity contribution in [2.45, 2.75) is 26.2 Å². The first-order valence-corrected chi connectivity index (χ1v) is 10.5. The second-order valence-electron chi connectivity index (χ2n) is 7.51. The van der Waals surface area contributed by atoms with Crippen molar-refractivity contribution in [3.63, 3.8) is 0 Å². The molecular weight excluding hydrogens is 462 g/mol. The summed E-state index contributed by atoms with van der Waals surface area (Å²) in [6.07, 6.45) is 4.27. The van der Waals surface area contributed by atoms with E-state index >= 15 is 0 Å². The van der Waals surface area contributed by atoms with Gasteiger partial charge in [-0.25, -0.2) is 0 Å². The normalized spacial score (nSPS) is 11.7. The topological polar surface area (TPSA) is 3.24 Å². The molecule has 0 bridgehead atoms. The summed E-state index contributed by atoms with van der Waals surface area (Å²) in [5.41, 5.74) is 4.93. The molecule has 138 valence electrons. The van der Waals surface area contributed by atoms with Crippen LogP contribution in [0.15, 0.2) is 87.9 Å².